The molecule has 13 heavy (non-hydrogen) atoms. The zero-order chi connectivity index (χ0) is 10.1. The highest BCUT2D eigenvalue weighted by atomic mass is 31.1. The third kappa shape index (κ3) is 4.94. The molecule has 0 heterocycles. The Bertz CT molecular complexity index is 187. The topological polar surface area (TPSA) is 24.7 Å². The van der Waals surface area contributed by atoms with Crippen molar-refractivity contribution in [3.05, 3.63) is 11.9 Å². The lowest BCUT2D eigenvalue weighted by molar-refractivity contribution is 0.570. The van der Waals surface area contributed by atoms with E-state index in [1.165, 1.54) is 12.6 Å². The van der Waals surface area contributed by atoms with Gasteiger partial charge in [0, 0.05) is 12.1 Å². The Morgan fingerprint density at radius 2 is 2.23 bits per heavy atom. The van der Waals surface area contributed by atoms with E-state index in [-0.39, 0.29) is 0 Å². The summed E-state index contributed by atoms with van der Waals surface area (Å²) in [5, 5.41) is 0. The minimum Gasteiger partial charge on any atom is -0.271 e. The maximum atomic E-state index is 3.98. The molecule has 0 rings (SSSR count). The Labute approximate surface area is 83.0 Å². The smallest absolute Gasteiger partial charge is 0.0609 e. The number of hydrogen-bond donors (Lipinski definition) is 0. The number of allylic oxidation sites excluding steroid dienone is 1. The van der Waals surface area contributed by atoms with Gasteiger partial charge in [-0.2, -0.15) is 0 Å². The van der Waals surface area contributed by atoms with Crippen LogP contribution in [0.25, 0.3) is 0 Å². The van der Waals surface area contributed by atoms with E-state index < -0.39 is 0 Å². The van der Waals surface area contributed by atoms with E-state index in [9.17, 15) is 0 Å². The number of aliphatic imine (C=N–C) groups is 2. The fourth-order valence-corrected chi connectivity index (χ4v) is 1.89. The number of rotatable bonds is 7. The molecular formula is C10H19N2P. The van der Waals surface area contributed by atoms with Crippen LogP contribution in [0.3, 0.4) is 0 Å². The highest BCUT2D eigenvalue weighted by Gasteiger charge is 2.09. The monoisotopic (exact) mass is 198 g/mol. The second kappa shape index (κ2) is 8.12. The molecule has 2 atom stereocenters. The van der Waals surface area contributed by atoms with E-state index in [4.69, 9.17) is 0 Å². The van der Waals surface area contributed by atoms with Gasteiger partial charge in [-0.05, 0) is 39.1 Å². The summed E-state index contributed by atoms with van der Waals surface area (Å²) in [6.07, 6.45) is 5.28. The highest BCUT2D eigenvalue weighted by Crippen LogP contribution is 2.22. The second-order valence-electron chi connectivity index (χ2n) is 2.89. The zero-order valence-corrected chi connectivity index (χ0v) is 9.58. The molecule has 0 aliphatic heterocycles. The fourth-order valence-electron chi connectivity index (χ4n) is 1.25. The second-order valence-corrected chi connectivity index (χ2v) is 4.10. The Kier molecular flexibility index (Phi) is 7.82. The van der Waals surface area contributed by atoms with E-state index in [0.717, 1.165) is 20.7 Å². The Morgan fingerprint density at radius 3 is 2.62 bits per heavy atom. The van der Waals surface area contributed by atoms with Crippen LogP contribution in [0.4, 0.5) is 0 Å². The van der Waals surface area contributed by atoms with Crippen molar-refractivity contribution in [1.82, 2.24) is 0 Å². The van der Waals surface area contributed by atoms with Crippen molar-refractivity contribution in [2.45, 2.75) is 19.8 Å². The molecule has 0 fully saturated rings. The summed E-state index contributed by atoms with van der Waals surface area (Å²) >= 11 is 0. The molecule has 0 saturated heterocycles. The molecule has 0 aromatic heterocycles. The predicted molar refractivity (Wildman–Crippen MR) is 64.7 cm³/mol. The first-order valence-corrected chi connectivity index (χ1v) is 6.28. The molecular weight excluding hydrogens is 179 g/mol. The van der Waals surface area contributed by atoms with Crippen molar-refractivity contribution >= 4 is 22.0 Å². The summed E-state index contributed by atoms with van der Waals surface area (Å²) in [6.45, 7) is 11.4. The fraction of sp³-hybridized carbons (Fsp3) is 0.600. The van der Waals surface area contributed by atoms with E-state index in [2.05, 4.69) is 37.0 Å². The summed E-state index contributed by atoms with van der Waals surface area (Å²) in [6, 6.07) is 0. The lowest BCUT2D eigenvalue weighted by Crippen LogP contribution is -2.02. The van der Waals surface area contributed by atoms with Gasteiger partial charge in [0.05, 0.1) is 5.70 Å². The number of nitrogens with zero attached hydrogens (tertiary/aromatic N) is 2. The molecule has 74 valence electrons. The lowest BCUT2D eigenvalue weighted by Gasteiger charge is -2.13. The number of hydrogen-bond acceptors (Lipinski definition) is 2. The summed E-state index contributed by atoms with van der Waals surface area (Å²) in [5.74, 6) is 0.510. The SMILES string of the molecule is C=N/C=C(\N=C)C(CC)CCPC. The summed E-state index contributed by atoms with van der Waals surface area (Å²) in [7, 11) is 1.01. The van der Waals surface area contributed by atoms with Crippen molar-refractivity contribution in [1.29, 1.82) is 0 Å². The molecule has 0 aliphatic carbocycles. The van der Waals surface area contributed by atoms with Crippen molar-refractivity contribution in [3.63, 3.8) is 0 Å². The van der Waals surface area contributed by atoms with Crippen molar-refractivity contribution < 1.29 is 0 Å². The molecule has 0 aromatic carbocycles. The van der Waals surface area contributed by atoms with Crippen LogP contribution in [0.1, 0.15) is 19.8 Å². The molecule has 0 spiro atoms. The largest absolute Gasteiger partial charge is 0.271 e. The van der Waals surface area contributed by atoms with E-state index in [1.54, 1.807) is 6.20 Å². The van der Waals surface area contributed by atoms with Crippen molar-refractivity contribution in [2.24, 2.45) is 15.9 Å². The van der Waals surface area contributed by atoms with E-state index in [0.29, 0.717) is 5.92 Å². The third-order valence-corrected chi connectivity index (χ3v) is 2.85. The van der Waals surface area contributed by atoms with Crippen LogP contribution in [0.2, 0.25) is 0 Å². The van der Waals surface area contributed by atoms with Crippen LogP contribution < -0.4 is 0 Å². The van der Waals surface area contributed by atoms with Crippen LogP contribution in [-0.2, 0) is 0 Å². The average Bonchev–Trinajstić information content (AvgIpc) is 2.17. The van der Waals surface area contributed by atoms with Gasteiger partial charge in [0.15, 0.2) is 0 Å². The van der Waals surface area contributed by atoms with E-state index in [1.807, 2.05) is 0 Å². The standard InChI is InChI=1S/C10H19N2P/c1-5-9(6-7-13-4)10(12-3)8-11-2/h8-9,13H,2-3,5-7H2,1,4H3/b10-8-. The quantitative estimate of drug-likeness (QED) is 0.444. The van der Waals surface area contributed by atoms with Crippen LogP contribution in [0.15, 0.2) is 21.9 Å². The van der Waals surface area contributed by atoms with Gasteiger partial charge in [-0.3, -0.25) is 9.98 Å². The van der Waals surface area contributed by atoms with Gasteiger partial charge in [0.1, 0.15) is 0 Å². The minimum atomic E-state index is 0.510. The Morgan fingerprint density at radius 1 is 1.54 bits per heavy atom. The highest BCUT2D eigenvalue weighted by molar-refractivity contribution is 7.36. The van der Waals surface area contributed by atoms with Gasteiger partial charge in [-0.25, -0.2) is 0 Å². The first-order valence-electron chi connectivity index (χ1n) is 4.57. The van der Waals surface area contributed by atoms with E-state index >= 15 is 0 Å². The Balaban J connectivity index is 4.24. The van der Waals surface area contributed by atoms with Gasteiger partial charge in [-0.1, -0.05) is 6.92 Å². The average molecular weight is 198 g/mol. The molecule has 0 amide bonds. The predicted octanol–water partition coefficient (Wildman–Crippen LogP) is 2.95. The van der Waals surface area contributed by atoms with Gasteiger partial charge >= 0.3 is 0 Å². The minimum absolute atomic E-state index is 0.510. The molecule has 0 bridgehead atoms. The molecule has 0 aromatic rings. The normalized spacial score (nSPS) is 14.8. The van der Waals surface area contributed by atoms with Crippen molar-refractivity contribution in [3.8, 4) is 0 Å². The van der Waals surface area contributed by atoms with Crippen molar-refractivity contribution in [2.75, 3.05) is 12.8 Å². The lowest BCUT2D eigenvalue weighted by atomic mass is 10.0. The van der Waals surface area contributed by atoms with Crippen LogP contribution in [-0.4, -0.2) is 26.3 Å². The Hall–Kier alpha value is -0.490. The van der Waals surface area contributed by atoms with Gasteiger partial charge in [0.2, 0.25) is 0 Å². The molecule has 0 N–H and O–H groups in total. The molecule has 2 nitrogen and oxygen atoms in total. The maximum absolute atomic E-state index is 3.98. The van der Waals surface area contributed by atoms with Gasteiger partial charge < -0.3 is 0 Å². The molecule has 2 unspecified atom stereocenters. The summed E-state index contributed by atoms with van der Waals surface area (Å²) in [4.78, 5) is 7.72. The van der Waals surface area contributed by atoms with Gasteiger partial charge in [-0.15, -0.1) is 8.58 Å². The van der Waals surface area contributed by atoms with Crippen LogP contribution >= 0.6 is 8.58 Å². The first-order chi connectivity index (χ1) is 6.29. The third-order valence-electron chi connectivity index (χ3n) is 2.06. The maximum Gasteiger partial charge on any atom is 0.0609 e. The zero-order valence-electron chi connectivity index (χ0n) is 8.58. The summed E-state index contributed by atoms with van der Waals surface area (Å²) in [5.41, 5.74) is 0.982. The molecule has 0 saturated carbocycles. The van der Waals surface area contributed by atoms with Gasteiger partial charge in [0.25, 0.3) is 0 Å². The van der Waals surface area contributed by atoms with Crippen LogP contribution in [0.5, 0.6) is 0 Å². The summed E-state index contributed by atoms with van der Waals surface area (Å²) < 4.78 is 0. The molecule has 0 aliphatic rings. The molecule has 3 heteroatoms. The first kappa shape index (κ1) is 12.5. The molecule has 0 radical (unpaired) electrons. The van der Waals surface area contributed by atoms with Crippen LogP contribution in [0, 0.1) is 5.92 Å².